The van der Waals surface area contributed by atoms with E-state index in [1.165, 1.54) is 21.6 Å². The van der Waals surface area contributed by atoms with Crippen LogP contribution < -0.4 is 0 Å². The number of carboxylic acid groups (broad SMARTS) is 1. The number of likely N-dealkylation sites (tertiary alicyclic amines) is 1. The molecular formula is C35H43NO6. The summed E-state index contributed by atoms with van der Waals surface area (Å²) in [5, 5.41) is 21.1. The van der Waals surface area contributed by atoms with Crippen LogP contribution in [0.4, 0.5) is 0 Å². The van der Waals surface area contributed by atoms with Gasteiger partial charge in [-0.05, 0) is 67.5 Å². The van der Waals surface area contributed by atoms with Gasteiger partial charge in [-0.25, -0.2) is 0 Å². The maximum atomic E-state index is 13.6. The highest BCUT2D eigenvalue weighted by Crippen LogP contribution is 2.50. The molecule has 7 nitrogen and oxygen atoms in total. The van der Waals surface area contributed by atoms with E-state index >= 15 is 0 Å². The number of hydrogen-bond donors (Lipinski definition) is 2. The Bertz CT molecular complexity index is 1410. The van der Waals surface area contributed by atoms with E-state index in [1.807, 2.05) is 30.3 Å². The number of fused-ring (bicyclic) bond motifs is 4. The summed E-state index contributed by atoms with van der Waals surface area (Å²) in [7, 11) is 0. The minimum atomic E-state index is -0.817. The van der Waals surface area contributed by atoms with Crippen molar-refractivity contribution >= 4 is 34.6 Å². The molecule has 0 radical (unpaired) electrons. The third kappa shape index (κ3) is 6.03. The molecule has 2 N–H and O–H groups in total. The lowest BCUT2D eigenvalue weighted by Gasteiger charge is -2.32. The van der Waals surface area contributed by atoms with Crippen molar-refractivity contribution in [3.8, 4) is 5.75 Å². The average Bonchev–Trinajstić information content (AvgIpc) is 3.51. The molecule has 0 spiro atoms. The minimum Gasteiger partial charge on any atom is -0.507 e. The Morgan fingerprint density at radius 1 is 1.00 bits per heavy atom. The standard InChI is InChI=1S/C35H43NO6/c1-3-10-24-20-27-33(35(41)36(34(27)40)18-9-5-6-13-31(38)39)28-21-42-30(32(24)28)17-14-22(4-2)19-23-15-16-29(37)26-12-8-7-11-25(23)26/h7-8,11-12,15-16,19,27-28,30,33,37H,3-6,9-10,13-14,17-18,20-21H2,1-2H3,(H,38,39)/b22-19+/t27-,28+,30-,33-/m1/s1. The summed E-state index contributed by atoms with van der Waals surface area (Å²) in [6.45, 7) is 5.17. The van der Waals surface area contributed by atoms with Crippen molar-refractivity contribution in [3.05, 3.63) is 58.7 Å². The van der Waals surface area contributed by atoms with Gasteiger partial charge in [0.15, 0.2) is 0 Å². The fourth-order valence-corrected chi connectivity index (χ4v) is 7.34. The normalized spacial score (nSPS) is 24.0. The van der Waals surface area contributed by atoms with Crippen molar-refractivity contribution in [1.29, 1.82) is 0 Å². The van der Waals surface area contributed by atoms with Gasteiger partial charge in [-0.15, -0.1) is 0 Å². The molecule has 2 fully saturated rings. The number of aliphatic carboxylic acids is 1. The Morgan fingerprint density at radius 3 is 2.52 bits per heavy atom. The van der Waals surface area contributed by atoms with Crippen molar-refractivity contribution in [2.45, 2.75) is 84.2 Å². The number of benzene rings is 2. The number of aromatic hydroxyl groups is 1. The summed E-state index contributed by atoms with van der Waals surface area (Å²) in [5.74, 6) is -1.35. The van der Waals surface area contributed by atoms with Crippen LogP contribution in [0.2, 0.25) is 0 Å². The average molecular weight is 574 g/mol. The van der Waals surface area contributed by atoms with E-state index in [0.29, 0.717) is 38.8 Å². The number of phenolic OH excluding ortho intramolecular Hbond substituents is 1. The van der Waals surface area contributed by atoms with Crippen LogP contribution in [0, 0.1) is 17.8 Å². The molecule has 0 bridgehead atoms. The van der Waals surface area contributed by atoms with Gasteiger partial charge in [0.25, 0.3) is 0 Å². The smallest absolute Gasteiger partial charge is 0.303 e. The summed E-state index contributed by atoms with van der Waals surface area (Å²) in [6, 6.07) is 11.6. The van der Waals surface area contributed by atoms with Gasteiger partial charge in [0.2, 0.25) is 11.8 Å². The van der Waals surface area contributed by atoms with E-state index < -0.39 is 5.97 Å². The highest BCUT2D eigenvalue weighted by atomic mass is 16.5. The lowest BCUT2D eigenvalue weighted by atomic mass is 9.68. The van der Waals surface area contributed by atoms with E-state index in [9.17, 15) is 19.5 Å². The number of unbranched alkanes of at least 4 members (excludes halogenated alkanes) is 2. The predicted octanol–water partition coefficient (Wildman–Crippen LogP) is 6.88. The molecule has 224 valence electrons. The van der Waals surface area contributed by atoms with Gasteiger partial charge in [-0.3, -0.25) is 19.3 Å². The second kappa shape index (κ2) is 13.2. The fraction of sp³-hybridized carbons (Fsp3) is 0.514. The van der Waals surface area contributed by atoms with E-state index in [4.69, 9.17) is 9.84 Å². The number of allylic oxidation sites excluding steroid dienone is 2. The van der Waals surface area contributed by atoms with Gasteiger partial charge in [-0.2, -0.15) is 0 Å². The molecular weight excluding hydrogens is 530 g/mol. The van der Waals surface area contributed by atoms with Crippen LogP contribution in [0.1, 0.15) is 83.6 Å². The van der Waals surface area contributed by atoms with Crippen molar-refractivity contribution in [1.82, 2.24) is 4.90 Å². The fourth-order valence-electron chi connectivity index (χ4n) is 7.34. The highest BCUT2D eigenvalue weighted by molar-refractivity contribution is 6.06. The molecule has 2 aromatic carbocycles. The minimum absolute atomic E-state index is 0.0427. The third-order valence-corrected chi connectivity index (χ3v) is 9.40. The molecule has 2 amide bonds. The third-order valence-electron chi connectivity index (χ3n) is 9.40. The SMILES string of the molecule is CCCC1=C2[C@@H](CC/C(=C/c3ccc(O)c4ccccc34)CC)OC[C@@H]2[C@@H]2C(=O)N(CCCCCC(=O)O)C(=O)[C@@H]2C1. The molecule has 2 saturated heterocycles. The summed E-state index contributed by atoms with van der Waals surface area (Å²) in [5.41, 5.74) is 4.98. The first-order chi connectivity index (χ1) is 20.3. The number of amides is 2. The van der Waals surface area contributed by atoms with Crippen LogP contribution in [0.3, 0.4) is 0 Å². The first-order valence-corrected chi connectivity index (χ1v) is 15.6. The second-order valence-corrected chi connectivity index (χ2v) is 12.0. The molecule has 0 saturated carbocycles. The summed E-state index contributed by atoms with van der Waals surface area (Å²) in [6.07, 6.45) is 9.34. The summed E-state index contributed by atoms with van der Waals surface area (Å²) < 4.78 is 6.41. The molecule has 0 unspecified atom stereocenters. The lowest BCUT2D eigenvalue weighted by molar-refractivity contribution is -0.141. The molecule has 2 aromatic rings. The number of imide groups is 1. The van der Waals surface area contributed by atoms with Crippen LogP contribution in [0.5, 0.6) is 5.75 Å². The monoisotopic (exact) mass is 573 g/mol. The van der Waals surface area contributed by atoms with Crippen LogP contribution >= 0.6 is 0 Å². The number of carbonyl (C=O) groups is 3. The quantitative estimate of drug-likeness (QED) is 0.154. The van der Waals surface area contributed by atoms with Crippen LogP contribution in [0.25, 0.3) is 16.8 Å². The van der Waals surface area contributed by atoms with Gasteiger partial charge < -0.3 is 14.9 Å². The number of rotatable bonds is 13. The van der Waals surface area contributed by atoms with Crippen molar-refractivity contribution in [3.63, 3.8) is 0 Å². The Morgan fingerprint density at radius 2 is 1.79 bits per heavy atom. The predicted molar refractivity (Wildman–Crippen MR) is 163 cm³/mol. The number of hydrogen-bond acceptors (Lipinski definition) is 5. The van der Waals surface area contributed by atoms with Crippen LogP contribution in [0.15, 0.2) is 53.1 Å². The molecule has 7 heteroatoms. The van der Waals surface area contributed by atoms with Crippen LogP contribution in [-0.4, -0.2) is 52.2 Å². The van der Waals surface area contributed by atoms with E-state index in [1.54, 1.807) is 6.07 Å². The van der Waals surface area contributed by atoms with Gasteiger partial charge in [0, 0.05) is 24.3 Å². The van der Waals surface area contributed by atoms with Gasteiger partial charge in [0.05, 0.1) is 24.5 Å². The number of ether oxygens (including phenoxy) is 1. The van der Waals surface area contributed by atoms with Crippen molar-refractivity contribution < 1.29 is 29.3 Å². The maximum Gasteiger partial charge on any atom is 0.303 e. The number of carbonyl (C=O) groups excluding carboxylic acids is 2. The van der Waals surface area contributed by atoms with Crippen molar-refractivity contribution in [2.24, 2.45) is 17.8 Å². The first kappa shape index (κ1) is 30.0. The first-order valence-electron chi connectivity index (χ1n) is 15.6. The lowest BCUT2D eigenvalue weighted by Crippen LogP contribution is -2.34. The second-order valence-electron chi connectivity index (χ2n) is 12.0. The number of carboxylic acids is 1. The molecule has 3 aliphatic rings. The molecule has 5 rings (SSSR count). The molecule has 2 heterocycles. The molecule has 4 atom stereocenters. The highest BCUT2D eigenvalue weighted by Gasteiger charge is 2.56. The van der Waals surface area contributed by atoms with E-state index in [0.717, 1.165) is 48.4 Å². The zero-order chi connectivity index (χ0) is 29.8. The Hall–Kier alpha value is -3.45. The topological polar surface area (TPSA) is 104 Å². The van der Waals surface area contributed by atoms with Gasteiger partial charge in [0.1, 0.15) is 5.75 Å². The maximum absolute atomic E-state index is 13.6. The molecule has 2 aliphatic heterocycles. The zero-order valence-corrected chi connectivity index (χ0v) is 24.8. The Balaban J connectivity index is 1.30. The summed E-state index contributed by atoms with van der Waals surface area (Å²) in [4.78, 5) is 39.3. The van der Waals surface area contributed by atoms with E-state index in [2.05, 4.69) is 19.9 Å². The van der Waals surface area contributed by atoms with Gasteiger partial charge in [-0.1, -0.05) is 74.2 Å². The molecule has 1 aliphatic carbocycles. The largest absolute Gasteiger partial charge is 0.507 e. The van der Waals surface area contributed by atoms with Crippen molar-refractivity contribution in [2.75, 3.05) is 13.2 Å². The van der Waals surface area contributed by atoms with Gasteiger partial charge >= 0.3 is 5.97 Å². The molecule has 42 heavy (non-hydrogen) atoms. The van der Waals surface area contributed by atoms with Crippen LogP contribution in [-0.2, 0) is 19.1 Å². The Kier molecular flexibility index (Phi) is 9.47. The summed E-state index contributed by atoms with van der Waals surface area (Å²) >= 11 is 0. The number of phenols is 1. The number of nitrogens with zero attached hydrogens (tertiary/aromatic N) is 1. The zero-order valence-electron chi connectivity index (χ0n) is 24.8. The Labute approximate surface area is 248 Å². The molecule has 0 aromatic heterocycles. The van der Waals surface area contributed by atoms with E-state index in [-0.39, 0.29) is 47.8 Å².